The molecule has 1 atom stereocenters. The summed E-state index contributed by atoms with van der Waals surface area (Å²) in [6.45, 7) is 2.99. The van der Waals surface area contributed by atoms with Gasteiger partial charge in [0.05, 0.1) is 13.5 Å². The van der Waals surface area contributed by atoms with Crippen LogP contribution in [0.15, 0.2) is 24.3 Å². The molecule has 106 valence electrons. The average molecular weight is 281 g/mol. The predicted molar refractivity (Wildman–Crippen MR) is 81.5 cm³/mol. The van der Waals surface area contributed by atoms with E-state index in [1.165, 1.54) is 12.7 Å². The van der Waals surface area contributed by atoms with Gasteiger partial charge in [-0.15, -0.1) is 0 Å². The fourth-order valence-electron chi connectivity index (χ4n) is 1.91. The second-order valence-electron chi connectivity index (χ2n) is 4.46. The van der Waals surface area contributed by atoms with Crippen LogP contribution >= 0.6 is 11.8 Å². The summed E-state index contributed by atoms with van der Waals surface area (Å²) in [6.07, 6.45) is 3.57. The largest absolute Gasteiger partial charge is 0.469 e. The van der Waals surface area contributed by atoms with Crippen LogP contribution in [-0.2, 0) is 22.5 Å². The van der Waals surface area contributed by atoms with Gasteiger partial charge in [0, 0.05) is 18.3 Å². The number of hydrogen-bond acceptors (Lipinski definition) is 4. The molecule has 0 aromatic heterocycles. The number of carbonyl (C=O) groups excluding carboxylic acids is 1. The van der Waals surface area contributed by atoms with Crippen LogP contribution in [0.2, 0.25) is 0 Å². The van der Waals surface area contributed by atoms with Gasteiger partial charge in [-0.2, -0.15) is 11.8 Å². The van der Waals surface area contributed by atoms with Crippen LogP contribution in [0.25, 0.3) is 0 Å². The van der Waals surface area contributed by atoms with Crippen LogP contribution in [0.5, 0.6) is 0 Å². The normalized spacial score (nSPS) is 12.2. The number of thioether (sulfide) groups is 1. The molecule has 0 amide bonds. The van der Waals surface area contributed by atoms with E-state index in [0.717, 1.165) is 24.3 Å². The second kappa shape index (κ2) is 8.99. The maximum atomic E-state index is 11.4. The Morgan fingerprint density at radius 2 is 2.05 bits per heavy atom. The van der Waals surface area contributed by atoms with Crippen molar-refractivity contribution >= 4 is 17.7 Å². The Kier molecular flexibility index (Phi) is 7.60. The Labute approximate surface area is 120 Å². The third-order valence-corrected chi connectivity index (χ3v) is 3.86. The lowest BCUT2D eigenvalue weighted by Gasteiger charge is -2.17. The van der Waals surface area contributed by atoms with Gasteiger partial charge < -0.3 is 10.1 Å². The van der Waals surface area contributed by atoms with Crippen LogP contribution in [-0.4, -0.2) is 31.1 Å². The van der Waals surface area contributed by atoms with Crippen LogP contribution in [0.1, 0.15) is 24.5 Å². The molecule has 0 heterocycles. The molecule has 1 N–H and O–H groups in total. The van der Waals surface area contributed by atoms with E-state index in [1.54, 1.807) is 0 Å². The summed E-state index contributed by atoms with van der Waals surface area (Å²) in [7, 11) is 1.43. The van der Waals surface area contributed by atoms with Gasteiger partial charge in [0.2, 0.25) is 0 Å². The van der Waals surface area contributed by atoms with Gasteiger partial charge in [-0.1, -0.05) is 31.2 Å². The molecule has 1 unspecified atom stereocenters. The van der Waals surface area contributed by atoms with Crippen molar-refractivity contribution in [2.24, 2.45) is 0 Å². The minimum Gasteiger partial charge on any atom is -0.469 e. The van der Waals surface area contributed by atoms with Crippen molar-refractivity contribution in [3.05, 3.63) is 35.4 Å². The standard InChI is InChI=1S/C15H23NO2S/c1-4-14(11-19-3)16-10-13-8-6-5-7-12(13)9-15(17)18-2/h5-8,14,16H,4,9-11H2,1-3H3. The van der Waals surface area contributed by atoms with Crippen molar-refractivity contribution in [1.29, 1.82) is 0 Å². The molecule has 0 saturated heterocycles. The highest BCUT2D eigenvalue weighted by Gasteiger charge is 2.09. The van der Waals surface area contributed by atoms with Gasteiger partial charge in [-0.25, -0.2) is 0 Å². The Morgan fingerprint density at radius 3 is 2.63 bits per heavy atom. The first-order valence-corrected chi connectivity index (χ1v) is 7.96. The van der Waals surface area contributed by atoms with E-state index in [2.05, 4.69) is 24.6 Å². The lowest BCUT2D eigenvalue weighted by atomic mass is 10.0. The third kappa shape index (κ3) is 5.66. The number of methoxy groups -OCH3 is 1. The lowest BCUT2D eigenvalue weighted by molar-refractivity contribution is -0.139. The molecule has 0 aliphatic carbocycles. The fraction of sp³-hybridized carbons (Fsp3) is 0.533. The van der Waals surface area contributed by atoms with Crippen molar-refractivity contribution in [1.82, 2.24) is 5.32 Å². The SMILES string of the molecule is CCC(CSC)NCc1ccccc1CC(=O)OC. The Hall–Kier alpha value is -1.00. The molecular formula is C15H23NO2S. The molecule has 19 heavy (non-hydrogen) atoms. The van der Waals surface area contributed by atoms with Gasteiger partial charge in [-0.3, -0.25) is 4.79 Å². The predicted octanol–water partition coefficient (Wildman–Crippen LogP) is 2.63. The number of nitrogens with one attached hydrogen (secondary N) is 1. The number of hydrogen-bond donors (Lipinski definition) is 1. The Morgan fingerprint density at radius 1 is 1.37 bits per heavy atom. The zero-order chi connectivity index (χ0) is 14.1. The van der Waals surface area contributed by atoms with Gasteiger partial charge in [0.25, 0.3) is 0 Å². The van der Waals surface area contributed by atoms with Crippen LogP contribution in [0.3, 0.4) is 0 Å². The lowest BCUT2D eigenvalue weighted by Crippen LogP contribution is -2.30. The monoisotopic (exact) mass is 281 g/mol. The molecule has 0 fully saturated rings. The maximum absolute atomic E-state index is 11.4. The number of rotatable bonds is 8. The van der Waals surface area contributed by atoms with Crippen molar-refractivity contribution in [3.8, 4) is 0 Å². The van der Waals surface area contributed by atoms with Gasteiger partial charge in [0.1, 0.15) is 0 Å². The van der Waals surface area contributed by atoms with E-state index in [9.17, 15) is 4.79 Å². The first kappa shape index (κ1) is 16.1. The molecule has 0 saturated carbocycles. The molecule has 0 spiro atoms. The molecule has 0 bridgehead atoms. The summed E-state index contributed by atoms with van der Waals surface area (Å²) in [5.41, 5.74) is 2.22. The summed E-state index contributed by atoms with van der Waals surface area (Å²) in [4.78, 5) is 11.4. The zero-order valence-corrected chi connectivity index (χ0v) is 12.8. The van der Waals surface area contributed by atoms with Crippen molar-refractivity contribution in [3.63, 3.8) is 0 Å². The number of benzene rings is 1. The average Bonchev–Trinajstić information content (AvgIpc) is 2.44. The summed E-state index contributed by atoms with van der Waals surface area (Å²) in [6, 6.07) is 8.54. The van der Waals surface area contributed by atoms with Crippen LogP contribution in [0.4, 0.5) is 0 Å². The quantitative estimate of drug-likeness (QED) is 0.743. The molecule has 0 radical (unpaired) electrons. The first-order valence-electron chi connectivity index (χ1n) is 6.57. The molecule has 4 heteroatoms. The van der Waals surface area contributed by atoms with E-state index in [4.69, 9.17) is 4.74 Å². The van der Waals surface area contributed by atoms with Gasteiger partial charge in [-0.05, 0) is 23.8 Å². The highest BCUT2D eigenvalue weighted by molar-refractivity contribution is 7.98. The number of esters is 1. The third-order valence-electron chi connectivity index (χ3n) is 3.12. The molecule has 1 rings (SSSR count). The molecule has 1 aromatic carbocycles. The minimum absolute atomic E-state index is 0.191. The Balaban J connectivity index is 2.64. The highest BCUT2D eigenvalue weighted by Crippen LogP contribution is 2.11. The van der Waals surface area contributed by atoms with Gasteiger partial charge >= 0.3 is 5.97 Å². The number of ether oxygens (including phenoxy) is 1. The summed E-state index contributed by atoms with van der Waals surface area (Å²) in [5.74, 6) is 0.916. The molecule has 3 nitrogen and oxygen atoms in total. The van der Waals surface area contributed by atoms with E-state index in [0.29, 0.717) is 12.5 Å². The highest BCUT2D eigenvalue weighted by atomic mass is 32.2. The molecule has 0 aliphatic rings. The van der Waals surface area contributed by atoms with Crippen molar-refractivity contribution < 1.29 is 9.53 Å². The van der Waals surface area contributed by atoms with Gasteiger partial charge in [0.15, 0.2) is 0 Å². The van der Waals surface area contributed by atoms with E-state index < -0.39 is 0 Å². The summed E-state index contributed by atoms with van der Waals surface area (Å²) >= 11 is 1.85. The van der Waals surface area contributed by atoms with Crippen molar-refractivity contribution in [2.75, 3.05) is 19.1 Å². The van der Waals surface area contributed by atoms with Crippen LogP contribution in [0, 0.1) is 0 Å². The van der Waals surface area contributed by atoms with Crippen molar-refractivity contribution in [2.45, 2.75) is 32.4 Å². The molecule has 0 aliphatic heterocycles. The summed E-state index contributed by atoms with van der Waals surface area (Å²) in [5, 5.41) is 3.55. The van der Waals surface area contributed by atoms with E-state index in [1.807, 2.05) is 30.0 Å². The Bertz CT molecular complexity index is 395. The topological polar surface area (TPSA) is 38.3 Å². The smallest absolute Gasteiger partial charge is 0.309 e. The molecular weight excluding hydrogens is 258 g/mol. The molecule has 1 aromatic rings. The first-order chi connectivity index (χ1) is 9.21. The minimum atomic E-state index is -0.191. The van der Waals surface area contributed by atoms with Crippen LogP contribution < -0.4 is 5.32 Å². The summed E-state index contributed by atoms with van der Waals surface area (Å²) < 4.78 is 4.73. The fourth-order valence-corrected chi connectivity index (χ4v) is 2.66. The number of carbonyl (C=O) groups is 1. The van der Waals surface area contributed by atoms with E-state index in [-0.39, 0.29) is 5.97 Å². The second-order valence-corrected chi connectivity index (χ2v) is 5.37. The van der Waals surface area contributed by atoms with E-state index >= 15 is 0 Å². The maximum Gasteiger partial charge on any atom is 0.309 e. The zero-order valence-electron chi connectivity index (χ0n) is 11.9.